The third-order valence-electron chi connectivity index (χ3n) is 2.47. The van der Waals surface area contributed by atoms with E-state index < -0.39 is 0 Å². The van der Waals surface area contributed by atoms with Gasteiger partial charge in [-0.25, -0.2) is 0 Å². The molecule has 0 aromatic carbocycles. The molecule has 0 aliphatic rings. The largest absolute Gasteiger partial charge is 0.429 e. The highest BCUT2D eigenvalue weighted by Crippen LogP contribution is 2.30. The lowest BCUT2D eigenvalue weighted by Crippen LogP contribution is -2.44. The van der Waals surface area contributed by atoms with Crippen LogP contribution in [-0.2, 0) is 4.65 Å². The molecule has 0 fully saturated rings. The van der Waals surface area contributed by atoms with Gasteiger partial charge in [0, 0.05) is 4.75 Å². The molecule has 13 heavy (non-hydrogen) atoms. The monoisotopic (exact) mass is 199 g/mol. The molecule has 0 rings (SSSR count). The lowest BCUT2D eigenvalue weighted by Gasteiger charge is -2.38. The van der Waals surface area contributed by atoms with E-state index >= 15 is 0 Å². The van der Waals surface area contributed by atoms with E-state index in [1.165, 1.54) is 0 Å². The summed E-state index contributed by atoms with van der Waals surface area (Å²) in [6.07, 6.45) is 2.02. The summed E-state index contributed by atoms with van der Waals surface area (Å²) in [6.45, 7) is 12.2. The average molecular weight is 199 g/mol. The van der Waals surface area contributed by atoms with E-state index in [1.54, 1.807) is 7.48 Å². The quantitative estimate of drug-likeness (QED) is 0.540. The van der Waals surface area contributed by atoms with Crippen LogP contribution in [0.5, 0.6) is 0 Å². The summed E-state index contributed by atoms with van der Waals surface area (Å²) in [5.41, 5.74) is 0.867. The Hall–Kier alpha value is 0.115. The maximum Gasteiger partial charge on any atom is 0.325 e. The van der Waals surface area contributed by atoms with Gasteiger partial charge in [0.25, 0.3) is 0 Å². The molecular weight excluding hydrogens is 179 g/mol. The van der Waals surface area contributed by atoms with Crippen LogP contribution in [0.25, 0.3) is 0 Å². The molecule has 0 spiro atoms. The van der Waals surface area contributed by atoms with Crippen LogP contribution in [0, 0.1) is 0 Å². The molecule has 1 radical (unpaired) electrons. The molecule has 75 valence electrons. The second-order valence-corrected chi connectivity index (χ2v) is 5.46. The summed E-state index contributed by atoms with van der Waals surface area (Å²) >= 11 is 4.50. The Kier molecular flexibility index (Phi) is 4.60. The highest BCUT2D eigenvalue weighted by molar-refractivity contribution is 7.81. The van der Waals surface area contributed by atoms with E-state index in [9.17, 15) is 0 Å². The van der Waals surface area contributed by atoms with Crippen molar-refractivity contribution in [3.05, 3.63) is 11.5 Å². The zero-order chi connectivity index (χ0) is 10.7. The highest BCUT2D eigenvalue weighted by Gasteiger charge is 2.34. The van der Waals surface area contributed by atoms with Gasteiger partial charge in [0.2, 0.25) is 0 Å². The molecular formula is C10H20BOS. The second-order valence-electron chi connectivity index (χ2n) is 4.34. The van der Waals surface area contributed by atoms with Crippen molar-refractivity contribution in [2.24, 2.45) is 0 Å². The van der Waals surface area contributed by atoms with Crippen LogP contribution in [0.3, 0.4) is 0 Å². The van der Waals surface area contributed by atoms with Crippen LogP contribution >= 0.6 is 12.6 Å². The van der Waals surface area contributed by atoms with Gasteiger partial charge < -0.3 is 4.65 Å². The summed E-state index contributed by atoms with van der Waals surface area (Å²) in [4.78, 5) is 0. The third kappa shape index (κ3) is 4.23. The fourth-order valence-electron chi connectivity index (χ4n) is 0.453. The molecule has 0 aliphatic carbocycles. The normalized spacial score (nSPS) is 14.5. The third-order valence-corrected chi connectivity index (χ3v) is 3.01. The zero-order valence-corrected chi connectivity index (χ0v) is 10.4. The van der Waals surface area contributed by atoms with E-state index in [4.69, 9.17) is 4.65 Å². The summed E-state index contributed by atoms with van der Waals surface area (Å²) in [5, 5.41) is 0. The Labute approximate surface area is 88.6 Å². The molecule has 0 N–H and O–H groups in total. The van der Waals surface area contributed by atoms with Crippen molar-refractivity contribution in [2.45, 2.75) is 51.9 Å². The van der Waals surface area contributed by atoms with Gasteiger partial charge in [-0.15, -0.1) is 0 Å². The number of rotatable bonds is 4. The van der Waals surface area contributed by atoms with Crippen molar-refractivity contribution in [3.63, 3.8) is 0 Å². The maximum absolute atomic E-state index is 5.68. The molecule has 0 aromatic rings. The van der Waals surface area contributed by atoms with E-state index in [0.29, 0.717) is 0 Å². The van der Waals surface area contributed by atoms with Gasteiger partial charge in [-0.2, -0.15) is 12.6 Å². The fraction of sp³-hybridized carbons (Fsp3) is 0.800. The lowest BCUT2D eigenvalue weighted by molar-refractivity contribution is 0.0844. The van der Waals surface area contributed by atoms with Crippen LogP contribution < -0.4 is 0 Å². The molecule has 1 nitrogen and oxygen atoms in total. The van der Waals surface area contributed by atoms with Crippen LogP contribution in [-0.4, -0.2) is 17.8 Å². The first-order valence-corrected chi connectivity index (χ1v) is 5.02. The Bertz CT molecular complexity index is 192. The minimum Gasteiger partial charge on any atom is -0.429 e. The van der Waals surface area contributed by atoms with Crippen molar-refractivity contribution in [1.29, 1.82) is 0 Å². The van der Waals surface area contributed by atoms with E-state index in [1.807, 2.05) is 33.8 Å². The van der Waals surface area contributed by atoms with E-state index in [2.05, 4.69) is 26.5 Å². The predicted molar refractivity (Wildman–Crippen MR) is 63.4 cm³/mol. The molecule has 0 amide bonds. The highest BCUT2D eigenvalue weighted by atomic mass is 32.1. The van der Waals surface area contributed by atoms with E-state index in [-0.39, 0.29) is 10.3 Å². The summed E-state index contributed by atoms with van der Waals surface area (Å²) in [5.74, 6) is 0. The smallest absolute Gasteiger partial charge is 0.325 e. The number of hydrogen-bond donors (Lipinski definition) is 1. The van der Waals surface area contributed by atoms with Crippen molar-refractivity contribution in [2.75, 3.05) is 0 Å². The molecule has 0 bridgehead atoms. The van der Waals surface area contributed by atoms with Crippen LogP contribution in [0.15, 0.2) is 11.5 Å². The standard InChI is InChI=1S/C10H20BOS/c1-7-8(2)11-12-9(3,4)10(5,6)13/h7,13H,1-6H3/b8-7+. The topological polar surface area (TPSA) is 9.23 Å². The van der Waals surface area contributed by atoms with Crippen molar-refractivity contribution < 1.29 is 4.65 Å². The van der Waals surface area contributed by atoms with Crippen LogP contribution in [0.1, 0.15) is 41.5 Å². The van der Waals surface area contributed by atoms with Gasteiger partial charge in [-0.1, -0.05) is 18.5 Å². The fourth-order valence-corrected chi connectivity index (χ4v) is 0.505. The molecule has 3 heteroatoms. The molecule has 0 heterocycles. The Morgan fingerprint density at radius 2 is 1.77 bits per heavy atom. The van der Waals surface area contributed by atoms with Crippen LogP contribution in [0.4, 0.5) is 0 Å². The second kappa shape index (κ2) is 4.56. The Morgan fingerprint density at radius 1 is 1.31 bits per heavy atom. The maximum atomic E-state index is 5.68. The molecule has 0 aromatic heterocycles. The molecule has 0 aliphatic heterocycles. The summed E-state index contributed by atoms with van der Waals surface area (Å²) in [7, 11) is 1.79. The van der Waals surface area contributed by atoms with Gasteiger partial charge in [-0.3, -0.25) is 0 Å². The minimum absolute atomic E-state index is 0.155. The molecule has 0 saturated carbocycles. The predicted octanol–water partition coefficient (Wildman–Crippen LogP) is 3.03. The first-order valence-electron chi connectivity index (χ1n) is 4.57. The first-order chi connectivity index (χ1) is 5.70. The van der Waals surface area contributed by atoms with Crippen molar-refractivity contribution in [3.8, 4) is 0 Å². The van der Waals surface area contributed by atoms with Gasteiger partial charge in [-0.05, 0) is 34.6 Å². The molecule has 0 unspecified atom stereocenters. The number of allylic oxidation sites excluding steroid dienone is 2. The molecule has 0 saturated heterocycles. The van der Waals surface area contributed by atoms with Crippen molar-refractivity contribution in [1.82, 2.24) is 0 Å². The number of thiol groups is 1. The van der Waals surface area contributed by atoms with Crippen LogP contribution in [0.2, 0.25) is 0 Å². The molecule has 0 atom stereocenters. The lowest BCUT2D eigenvalue weighted by atomic mass is 9.84. The van der Waals surface area contributed by atoms with E-state index in [0.717, 1.165) is 5.47 Å². The van der Waals surface area contributed by atoms with Crippen molar-refractivity contribution >= 4 is 20.1 Å². The average Bonchev–Trinajstić information content (AvgIpc) is 1.98. The van der Waals surface area contributed by atoms with Gasteiger partial charge >= 0.3 is 7.48 Å². The SMILES string of the molecule is C/C=C(\C)[B]OC(C)(C)C(C)(C)S. The zero-order valence-electron chi connectivity index (χ0n) is 9.51. The summed E-state index contributed by atoms with van der Waals surface area (Å²) < 4.78 is 5.52. The number of hydrogen-bond acceptors (Lipinski definition) is 2. The van der Waals surface area contributed by atoms with Gasteiger partial charge in [0.05, 0.1) is 5.60 Å². The first kappa shape index (κ1) is 13.1. The minimum atomic E-state index is -0.264. The van der Waals surface area contributed by atoms with Gasteiger partial charge in [0.1, 0.15) is 0 Å². The van der Waals surface area contributed by atoms with Gasteiger partial charge in [0.15, 0.2) is 0 Å². The Morgan fingerprint density at radius 3 is 2.08 bits per heavy atom. The summed E-state index contributed by atoms with van der Waals surface area (Å²) in [6, 6.07) is 0. The Balaban J connectivity index is 4.20.